The van der Waals surface area contributed by atoms with E-state index < -0.39 is 0 Å². The van der Waals surface area contributed by atoms with Crippen molar-refractivity contribution < 1.29 is 9.59 Å². The molecule has 0 unspecified atom stereocenters. The highest BCUT2D eigenvalue weighted by atomic mass is 35.5. The van der Waals surface area contributed by atoms with Crippen LogP contribution in [0.2, 0.25) is 10.0 Å². The van der Waals surface area contributed by atoms with Gasteiger partial charge in [0.05, 0.1) is 0 Å². The highest BCUT2D eigenvalue weighted by molar-refractivity contribution is 6.31. The molecule has 0 saturated carbocycles. The summed E-state index contributed by atoms with van der Waals surface area (Å²) in [6, 6.07) is 15.4. The highest BCUT2D eigenvalue weighted by Gasteiger charge is 2.22. The largest absolute Gasteiger partial charge is 0.289 e. The molecule has 0 aromatic heterocycles. The molecule has 0 atom stereocenters. The molecule has 0 heterocycles. The Bertz CT molecular complexity index is 952. The predicted molar refractivity (Wildman–Crippen MR) is 110 cm³/mol. The molecule has 0 amide bonds. The van der Waals surface area contributed by atoms with Crippen molar-refractivity contribution in [1.82, 2.24) is 0 Å². The number of rotatable bonds is 4. The van der Waals surface area contributed by atoms with Gasteiger partial charge in [-0.2, -0.15) is 0 Å². The van der Waals surface area contributed by atoms with Crippen molar-refractivity contribution in [2.75, 3.05) is 0 Å². The lowest BCUT2D eigenvalue weighted by Gasteiger charge is -2.16. The van der Waals surface area contributed by atoms with E-state index in [0.29, 0.717) is 37.9 Å². The lowest BCUT2D eigenvalue weighted by atomic mass is 9.86. The summed E-state index contributed by atoms with van der Waals surface area (Å²) in [6.07, 6.45) is 0. The van der Waals surface area contributed by atoms with E-state index in [4.69, 9.17) is 23.2 Å². The number of hydrogen-bond acceptors (Lipinski definition) is 2. The molecule has 0 fully saturated rings. The van der Waals surface area contributed by atoms with Crippen LogP contribution in [-0.4, -0.2) is 11.6 Å². The van der Waals surface area contributed by atoms with E-state index in [1.807, 2.05) is 26.8 Å². The summed E-state index contributed by atoms with van der Waals surface area (Å²) in [4.78, 5) is 26.2. The summed E-state index contributed by atoms with van der Waals surface area (Å²) in [5, 5.41) is 1.14. The fraction of sp³-hybridized carbons (Fsp3) is 0.130. The van der Waals surface area contributed by atoms with Gasteiger partial charge in [0.25, 0.3) is 0 Å². The molecule has 0 aliphatic heterocycles. The predicted octanol–water partition coefficient (Wildman–Crippen LogP) is 6.38. The second-order valence-corrected chi connectivity index (χ2v) is 7.43. The minimum Gasteiger partial charge on any atom is -0.289 e. The minimum atomic E-state index is -0.119. The van der Waals surface area contributed by atoms with Gasteiger partial charge < -0.3 is 0 Å². The lowest BCUT2D eigenvalue weighted by Crippen LogP contribution is -2.13. The molecule has 0 saturated heterocycles. The Balaban J connectivity index is 2.13. The van der Waals surface area contributed by atoms with E-state index >= 15 is 0 Å². The van der Waals surface area contributed by atoms with E-state index in [0.717, 1.165) is 11.1 Å². The fourth-order valence-corrected chi connectivity index (χ4v) is 3.63. The first kappa shape index (κ1) is 19.3. The second kappa shape index (κ2) is 7.67. The van der Waals surface area contributed by atoms with E-state index in [-0.39, 0.29) is 11.6 Å². The number of benzene rings is 3. The quantitative estimate of drug-likeness (QED) is 0.479. The van der Waals surface area contributed by atoms with Crippen LogP contribution in [0, 0.1) is 20.8 Å². The standard InChI is InChI=1S/C23H18Cl2O2/c1-13-12-14(2)21(23(27)17-6-10-19(25)11-7-17)15(3)20(13)22(26)16-4-8-18(24)9-5-16/h4-12H,1-3H3. The Morgan fingerprint density at radius 1 is 0.630 bits per heavy atom. The summed E-state index contributed by atoms with van der Waals surface area (Å²) >= 11 is 11.9. The zero-order valence-electron chi connectivity index (χ0n) is 15.3. The van der Waals surface area contributed by atoms with Crippen molar-refractivity contribution in [3.63, 3.8) is 0 Å². The smallest absolute Gasteiger partial charge is 0.193 e. The van der Waals surface area contributed by atoms with Crippen LogP contribution in [0.1, 0.15) is 48.5 Å². The average Bonchev–Trinajstić information content (AvgIpc) is 2.62. The number of carbonyl (C=O) groups is 2. The second-order valence-electron chi connectivity index (χ2n) is 6.56. The summed E-state index contributed by atoms with van der Waals surface area (Å²) < 4.78 is 0. The average molecular weight is 397 g/mol. The Labute approximate surface area is 168 Å². The molecule has 27 heavy (non-hydrogen) atoms. The maximum Gasteiger partial charge on any atom is 0.193 e. The van der Waals surface area contributed by atoms with E-state index in [1.165, 1.54) is 0 Å². The first-order valence-electron chi connectivity index (χ1n) is 8.51. The Hall–Kier alpha value is -2.42. The number of aryl methyl sites for hydroxylation is 2. The van der Waals surface area contributed by atoms with E-state index in [1.54, 1.807) is 48.5 Å². The maximum absolute atomic E-state index is 13.1. The number of ketones is 2. The molecule has 2 nitrogen and oxygen atoms in total. The van der Waals surface area contributed by atoms with Gasteiger partial charge >= 0.3 is 0 Å². The first-order valence-corrected chi connectivity index (χ1v) is 9.26. The topological polar surface area (TPSA) is 34.1 Å². The van der Waals surface area contributed by atoms with Crippen LogP contribution in [0.5, 0.6) is 0 Å². The molecule has 0 N–H and O–H groups in total. The van der Waals surface area contributed by atoms with Crippen molar-refractivity contribution in [1.29, 1.82) is 0 Å². The molecular formula is C23H18Cl2O2. The monoisotopic (exact) mass is 396 g/mol. The molecular weight excluding hydrogens is 379 g/mol. The van der Waals surface area contributed by atoms with Gasteiger partial charge in [-0.05, 0) is 86.0 Å². The SMILES string of the molecule is Cc1cc(C)c(C(=O)c2ccc(Cl)cc2)c(C)c1C(=O)c1ccc(Cl)cc1. The van der Waals surface area contributed by atoms with Crippen molar-refractivity contribution in [3.05, 3.63) is 104 Å². The van der Waals surface area contributed by atoms with Crippen molar-refractivity contribution in [2.24, 2.45) is 0 Å². The third kappa shape index (κ3) is 3.83. The molecule has 0 bridgehead atoms. The molecule has 136 valence electrons. The molecule has 0 aliphatic carbocycles. The third-order valence-electron chi connectivity index (χ3n) is 4.64. The highest BCUT2D eigenvalue weighted by Crippen LogP contribution is 2.27. The van der Waals surface area contributed by atoms with Gasteiger partial charge in [0, 0.05) is 32.3 Å². The van der Waals surface area contributed by atoms with Gasteiger partial charge in [0.1, 0.15) is 0 Å². The van der Waals surface area contributed by atoms with Gasteiger partial charge in [-0.15, -0.1) is 0 Å². The van der Waals surface area contributed by atoms with Crippen LogP contribution in [0.3, 0.4) is 0 Å². The van der Waals surface area contributed by atoms with Crippen molar-refractivity contribution in [3.8, 4) is 0 Å². The van der Waals surface area contributed by atoms with Gasteiger partial charge in [-0.1, -0.05) is 29.3 Å². The van der Waals surface area contributed by atoms with E-state index in [9.17, 15) is 9.59 Å². The van der Waals surface area contributed by atoms with Crippen molar-refractivity contribution >= 4 is 34.8 Å². The Morgan fingerprint density at radius 3 is 1.30 bits per heavy atom. The zero-order chi connectivity index (χ0) is 19.7. The van der Waals surface area contributed by atoms with Crippen LogP contribution in [-0.2, 0) is 0 Å². The molecule has 3 rings (SSSR count). The Morgan fingerprint density at radius 2 is 0.963 bits per heavy atom. The van der Waals surface area contributed by atoms with Crippen LogP contribution in [0.4, 0.5) is 0 Å². The van der Waals surface area contributed by atoms with Crippen LogP contribution in [0.25, 0.3) is 0 Å². The summed E-state index contributed by atoms with van der Waals surface area (Å²) in [7, 11) is 0. The number of carbonyl (C=O) groups excluding carboxylic acids is 2. The zero-order valence-corrected chi connectivity index (χ0v) is 16.8. The minimum absolute atomic E-state index is 0.119. The van der Waals surface area contributed by atoms with Crippen LogP contribution in [0.15, 0.2) is 54.6 Å². The maximum atomic E-state index is 13.1. The molecule has 3 aromatic rings. The normalized spacial score (nSPS) is 10.7. The molecule has 4 heteroatoms. The lowest BCUT2D eigenvalue weighted by molar-refractivity contribution is 0.103. The first-order chi connectivity index (χ1) is 12.8. The van der Waals surface area contributed by atoms with Gasteiger partial charge in [-0.25, -0.2) is 0 Å². The molecule has 0 aliphatic rings. The number of halogens is 2. The molecule has 0 spiro atoms. The number of hydrogen-bond donors (Lipinski definition) is 0. The fourth-order valence-electron chi connectivity index (χ4n) is 3.38. The van der Waals surface area contributed by atoms with Crippen LogP contribution < -0.4 is 0 Å². The molecule has 0 radical (unpaired) electrons. The molecule has 3 aromatic carbocycles. The summed E-state index contributed by atoms with van der Waals surface area (Å²) in [5.74, 6) is -0.237. The van der Waals surface area contributed by atoms with Crippen LogP contribution >= 0.6 is 23.2 Å². The summed E-state index contributed by atoms with van der Waals surface area (Å²) in [6.45, 7) is 5.60. The summed E-state index contributed by atoms with van der Waals surface area (Å²) in [5.41, 5.74) is 4.57. The Kier molecular flexibility index (Phi) is 5.50. The third-order valence-corrected chi connectivity index (χ3v) is 5.14. The van der Waals surface area contributed by atoms with Gasteiger partial charge in [0.2, 0.25) is 0 Å². The van der Waals surface area contributed by atoms with Crippen molar-refractivity contribution in [2.45, 2.75) is 20.8 Å². The van der Waals surface area contributed by atoms with Gasteiger partial charge in [-0.3, -0.25) is 9.59 Å². The van der Waals surface area contributed by atoms with Gasteiger partial charge in [0.15, 0.2) is 11.6 Å². The van der Waals surface area contributed by atoms with E-state index in [2.05, 4.69) is 0 Å².